The van der Waals surface area contributed by atoms with Crippen LogP contribution in [0.15, 0.2) is 0 Å². The first-order valence-electron chi connectivity index (χ1n) is 10.9. The predicted molar refractivity (Wildman–Crippen MR) is 109 cm³/mol. The van der Waals surface area contributed by atoms with Gasteiger partial charge in [0.15, 0.2) is 0 Å². The van der Waals surface area contributed by atoms with Crippen LogP contribution in [0.5, 0.6) is 0 Å². The van der Waals surface area contributed by atoms with Crippen molar-refractivity contribution >= 4 is 11.7 Å². The highest BCUT2D eigenvalue weighted by atomic mass is 16.5. The van der Waals surface area contributed by atoms with Crippen LogP contribution < -0.4 is 5.32 Å². The molecule has 0 unspecified atom stereocenters. The summed E-state index contributed by atoms with van der Waals surface area (Å²) in [5.74, 6) is 0.378. The second-order valence-electron chi connectivity index (χ2n) is 6.99. The fourth-order valence-electron chi connectivity index (χ4n) is 2.85. The first kappa shape index (κ1) is 27.0. The lowest BCUT2D eigenvalue weighted by atomic mass is 10.0. The number of rotatable bonds is 22. The molecule has 0 atom stereocenters. The molecule has 7 nitrogen and oxygen atoms in total. The Balaban J connectivity index is 3.22. The quantitative estimate of drug-likeness (QED) is 0.240. The van der Waals surface area contributed by atoms with Crippen LogP contribution in [0.2, 0.25) is 0 Å². The standard InChI is InChI=1S/C21H41NO6/c23-14-18-27-16-9-11-20(25)10-7-5-3-1-2-4-6-8-12-21(26)22-13-17-28-19-15-24/h23-24H,1-19H2,(H,22,26). The summed E-state index contributed by atoms with van der Waals surface area (Å²) in [4.78, 5) is 23.3. The van der Waals surface area contributed by atoms with E-state index in [-0.39, 0.29) is 19.1 Å². The van der Waals surface area contributed by atoms with E-state index in [1.807, 2.05) is 0 Å². The summed E-state index contributed by atoms with van der Waals surface area (Å²) >= 11 is 0. The molecule has 166 valence electrons. The molecule has 0 saturated heterocycles. The molecule has 0 aromatic carbocycles. The lowest BCUT2D eigenvalue weighted by molar-refractivity contribution is -0.121. The molecule has 0 radical (unpaired) electrons. The van der Waals surface area contributed by atoms with E-state index < -0.39 is 0 Å². The zero-order valence-corrected chi connectivity index (χ0v) is 17.5. The molecule has 7 heteroatoms. The molecular formula is C21H41NO6. The fraction of sp³-hybridized carbons (Fsp3) is 0.905. The third-order valence-electron chi connectivity index (χ3n) is 4.39. The molecule has 0 rings (SSSR count). The summed E-state index contributed by atoms with van der Waals surface area (Å²) < 4.78 is 10.2. The van der Waals surface area contributed by atoms with Gasteiger partial charge in [-0.1, -0.05) is 38.5 Å². The topological polar surface area (TPSA) is 105 Å². The van der Waals surface area contributed by atoms with Crippen LogP contribution in [0.4, 0.5) is 0 Å². The Kier molecular flexibility index (Phi) is 21.5. The highest BCUT2D eigenvalue weighted by Crippen LogP contribution is 2.11. The number of ketones is 1. The Bertz CT molecular complexity index is 331. The van der Waals surface area contributed by atoms with Crippen molar-refractivity contribution in [3.8, 4) is 0 Å². The van der Waals surface area contributed by atoms with E-state index in [2.05, 4.69) is 5.32 Å². The van der Waals surface area contributed by atoms with Gasteiger partial charge in [0.1, 0.15) is 5.78 Å². The second kappa shape index (κ2) is 22.3. The number of aliphatic hydroxyl groups is 2. The number of carbonyl (C=O) groups excluding carboxylic acids is 2. The van der Waals surface area contributed by atoms with Crippen molar-refractivity contribution in [3.05, 3.63) is 0 Å². The molecule has 0 aromatic rings. The maximum Gasteiger partial charge on any atom is 0.220 e. The molecular weight excluding hydrogens is 362 g/mol. The Hall–Kier alpha value is -1.02. The van der Waals surface area contributed by atoms with E-state index in [1.54, 1.807) is 0 Å². The number of amides is 1. The number of nitrogens with one attached hydrogen (secondary N) is 1. The number of Topliss-reactive ketones (excluding diaryl/α,β-unsaturated/α-hetero) is 1. The Morgan fingerprint density at radius 1 is 0.607 bits per heavy atom. The summed E-state index contributed by atoms with van der Waals surface area (Å²) in [6, 6.07) is 0. The summed E-state index contributed by atoms with van der Waals surface area (Å²) in [6.45, 7) is 2.19. The van der Waals surface area contributed by atoms with Gasteiger partial charge < -0.3 is 25.0 Å². The van der Waals surface area contributed by atoms with E-state index in [0.29, 0.717) is 58.0 Å². The van der Waals surface area contributed by atoms with E-state index in [9.17, 15) is 9.59 Å². The molecule has 0 saturated carbocycles. The largest absolute Gasteiger partial charge is 0.394 e. The van der Waals surface area contributed by atoms with E-state index in [1.165, 1.54) is 19.3 Å². The van der Waals surface area contributed by atoms with Crippen molar-refractivity contribution in [1.82, 2.24) is 5.32 Å². The SMILES string of the molecule is O=C(CCCCCCCCCCC(=O)NCCOCCO)CCCOCCO. The summed E-state index contributed by atoms with van der Waals surface area (Å²) in [7, 11) is 0. The van der Waals surface area contributed by atoms with Gasteiger partial charge in [0.05, 0.1) is 33.0 Å². The van der Waals surface area contributed by atoms with Gasteiger partial charge in [-0.05, 0) is 19.3 Å². The third kappa shape index (κ3) is 21.3. The minimum Gasteiger partial charge on any atom is -0.394 e. The Morgan fingerprint density at radius 3 is 1.71 bits per heavy atom. The molecule has 1 amide bonds. The van der Waals surface area contributed by atoms with E-state index >= 15 is 0 Å². The van der Waals surface area contributed by atoms with Crippen LogP contribution in [-0.2, 0) is 19.1 Å². The van der Waals surface area contributed by atoms with E-state index in [0.717, 1.165) is 38.5 Å². The van der Waals surface area contributed by atoms with Crippen molar-refractivity contribution in [3.63, 3.8) is 0 Å². The number of unbranched alkanes of at least 4 members (excludes halogenated alkanes) is 7. The molecule has 3 N–H and O–H groups in total. The first-order valence-corrected chi connectivity index (χ1v) is 10.9. The third-order valence-corrected chi connectivity index (χ3v) is 4.39. The number of hydrogen-bond donors (Lipinski definition) is 3. The van der Waals surface area contributed by atoms with Gasteiger partial charge in [-0.15, -0.1) is 0 Å². The molecule has 0 aliphatic carbocycles. The van der Waals surface area contributed by atoms with Gasteiger partial charge >= 0.3 is 0 Å². The first-order chi connectivity index (χ1) is 13.7. The molecule has 28 heavy (non-hydrogen) atoms. The zero-order chi connectivity index (χ0) is 20.7. The minimum absolute atomic E-state index is 0.00858. The summed E-state index contributed by atoms with van der Waals surface area (Å²) in [5, 5.41) is 19.9. The number of ether oxygens (including phenoxy) is 2. The van der Waals surface area contributed by atoms with Crippen molar-refractivity contribution < 1.29 is 29.3 Å². The minimum atomic E-state index is 0.00858. The second-order valence-corrected chi connectivity index (χ2v) is 6.99. The summed E-state index contributed by atoms with van der Waals surface area (Å²) in [5.41, 5.74) is 0. The molecule has 0 aliphatic rings. The van der Waals surface area contributed by atoms with Gasteiger partial charge in [-0.3, -0.25) is 9.59 Å². The predicted octanol–water partition coefficient (Wildman–Crippen LogP) is 2.37. The van der Waals surface area contributed by atoms with Gasteiger partial charge in [0, 0.05) is 32.4 Å². The monoisotopic (exact) mass is 403 g/mol. The van der Waals surface area contributed by atoms with Crippen LogP contribution >= 0.6 is 0 Å². The van der Waals surface area contributed by atoms with Crippen LogP contribution in [-0.4, -0.2) is 68.1 Å². The highest BCUT2D eigenvalue weighted by Gasteiger charge is 2.03. The Labute approximate surface area is 170 Å². The molecule has 0 fully saturated rings. The van der Waals surface area contributed by atoms with Gasteiger partial charge in [-0.2, -0.15) is 0 Å². The van der Waals surface area contributed by atoms with Crippen molar-refractivity contribution in [2.45, 2.75) is 77.0 Å². The van der Waals surface area contributed by atoms with Gasteiger partial charge in [0.25, 0.3) is 0 Å². The normalized spacial score (nSPS) is 10.9. The van der Waals surface area contributed by atoms with Crippen molar-refractivity contribution in [2.24, 2.45) is 0 Å². The average Bonchev–Trinajstić information content (AvgIpc) is 2.69. The van der Waals surface area contributed by atoms with Crippen LogP contribution in [0.1, 0.15) is 77.0 Å². The smallest absolute Gasteiger partial charge is 0.220 e. The molecule has 0 heterocycles. The molecule has 0 bridgehead atoms. The fourth-order valence-corrected chi connectivity index (χ4v) is 2.85. The molecule has 0 spiro atoms. The Morgan fingerprint density at radius 2 is 1.11 bits per heavy atom. The number of aliphatic hydroxyl groups excluding tert-OH is 2. The highest BCUT2D eigenvalue weighted by molar-refractivity contribution is 5.78. The molecule has 0 aliphatic heterocycles. The van der Waals surface area contributed by atoms with Crippen LogP contribution in [0, 0.1) is 0 Å². The molecule has 0 aromatic heterocycles. The average molecular weight is 404 g/mol. The zero-order valence-electron chi connectivity index (χ0n) is 17.5. The van der Waals surface area contributed by atoms with Gasteiger partial charge in [0.2, 0.25) is 5.91 Å². The summed E-state index contributed by atoms with van der Waals surface area (Å²) in [6.07, 6.45) is 11.3. The maximum atomic E-state index is 11.7. The van der Waals surface area contributed by atoms with Crippen molar-refractivity contribution in [1.29, 1.82) is 0 Å². The van der Waals surface area contributed by atoms with Gasteiger partial charge in [-0.25, -0.2) is 0 Å². The van der Waals surface area contributed by atoms with Crippen LogP contribution in [0.3, 0.4) is 0 Å². The number of hydrogen-bond acceptors (Lipinski definition) is 6. The lowest BCUT2D eigenvalue weighted by Gasteiger charge is -2.06. The van der Waals surface area contributed by atoms with Crippen molar-refractivity contribution in [2.75, 3.05) is 46.2 Å². The lowest BCUT2D eigenvalue weighted by Crippen LogP contribution is -2.27. The van der Waals surface area contributed by atoms with Crippen LogP contribution in [0.25, 0.3) is 0 Å². The number of carbonyl (C=O) groups is 2. The van der Waals surface area contributed by atoms with E-state index in [4.69, 9.17) is 19.7 Å². The maximum absolute atomic E-state index is 11.7.